The van der Waals surface area contributed by atoms with Gasteiger partial charge in [0.15, 0.2) is 0 Å². The van der Waals surface area contributed by atoms with Crippen LogP contribution in [0.15, 0.2) is 46.3 Å². The molecule has 0 spiro atoms. The summed E-state index contributed by atoms with van der Waals surface area (Å²) in [4.78, 5) is 12.0. The minimum atomic E-state index is -0.259. The molecule has 0 aliphatic rings. The molecule has 2 aromatic heterocycles. The lowest BCUT2D eigenvalue weighted by atomic mass is 10.3. The van der Waals surface area contributed by atoms with Crippen molar-refractivity contribution in [3.63, 3.8) is 0 Å². The Kier molecular flexibility index (Phi) is 3.50. The lowest BCUT2D eigenvalue weighted by Gasteiger charge is -2.09. The molecule has 0 radical (unpaired) electrons. The van der Waals surface area contributed by atoms with E-state index in [4.69, 9.17) is 0 Å². The highest BCUT2D eigenvalue weighted by Gasteiger charge is 2.10. The van der Waals surface area contributed by atoms with Crippen LogP contribution in [-0.4, -0.2) is 10.6 Å². The van der Waals surface area contributed by atoms with Gasteiger partial charge in [0.05, 0.1) is 15.9 Å². The second kappa shape index (κ2) is 5.30. The van der Waals surface area contributed by atoms with Gasteiger partial charge < -0.3 is 9.88 Å². The molecule has 0 saturated heterocycles. The molecule has 1 aromatic carbocycles. The van der Waals surface area contributed by atoms with Gasteiger partial charge >= 0.3 is 6.03 Å². The number of hydrogen-bond donors (Lipinski definition) is 2. The van der Waals surface area contributed by atoms with Crippen LogP contribution in [0.3, 0.4) is 0 Å². The summed E-state index contributed by atoms with van der Waals surface area (Å²) in [6.07, 6.45) is 0. The largest absolute Gasteiger partial charge is 0.330 e. The van der Waals surface area contributed by atoms with Crippen molar-refractivity contribution >= 4 is 55.0 Å². The second-order valence-electron chi connectivity index (χ2n) is 4.32. The average Bonchev–Trinajstić information content (AvgIpc) is 2.97. The number of hydrogen-bond acceptors (Lipinski definition) is 2. The van der Waals surface area contributed by atoms with Crippen LogP contribution < -0.4 is 10.6 Å². The van der Waals surface area contributed by atoms with Crippen molar-refractivity contribution in [2.75, 3.05) is 10.6 Å². The van der Waals surface area contributed by atoms with E-state index in [2.05, 4.69) is 26.6 Å². The van der Waals surface area contributed by atoms with Crippen LogP contribution in [0.2, 0.25) is 0 Å². The second-order valence-corrected chi connectivity index (χ2v) is 6.12. The van der Waals surface area contributed by atoms with Crippen molar-refractivity contribution in [1.82, 2.24) is 4.57 Å². The number of carbonyl (C=O) groups is 1. The molecule has 102 valence electrons. The Balaban J connectivity index is 1.77. The van der Waals surface area contributed by atoms with E-state index in [-0.39, 0.29) is 6.03 Å². The molecule has 0 unspecified atom stereocenters. The fourth-order valence-electron chi connectivity index (χ4n) is 2.00. The number of urea groups is 1. The minimum absolute atomic E-state index is 0.259. The first kappa shape index (κ1) is 13.2. The number of nitrogens with one attached hydrogen (secondary N) is 2. The first-order valence-electron chi connectivity index (χ1n) is 6.00. The van der Waals surface area contributed by atoms with E-state index in [0.29, 0.717) is 0 Å². The summed E-state index contributed by atoms with van der Waals surface area (Å²) >= 11 is 5.06. The SMILES string of the molecule is Cn1c(NC(=O)Nc2ccccc2Br)cc2sccc21. The van der Waals surface area contributed by atoms with E-state index in [9.17, 15) is 4.79 Å². The summed E-state index contributed by atoms with van der Waals surface area (Å²) in [7, 11) is 1.93. The number of rotatable bonds is 2. The van der Waals surface area contributed by atoms with E-state index >= 15 is 0 Å². The van der Waals surface area contributed by atoms with Crippen LogP contribution in [-0.2, 0) is 7.05 Å². The molecule has 20 heavy (non-hydrogen) atoms. The fourth-order valence-corrected chi connectivity index (χ4v) is 3.24. The van der Waals surface area contributed by atoms with Crippen molar-refractivity contribution < 1.29 is 4.79 Å². The van der Waals surface area contributed by atoms with Gasteiger partial charge in [0.1, 0.15) is 5.82 Å². The number of nitrogens with zero attached hydrogens (tertiary/aromatic N) is 1. The summed E-state index contributed by atoms with van der Waals surface area (Å²) in [5, 5.41) is 7.71. The molecule has 6 heteroatoms. The van der Waals surface area contributed by atoms with Crippen molar-refractivity contribution in [3.05, 3.63) is 46.3 Å². The summed E-state index contributed by atoms with van der Waals surface area (Å²) < 4.78 is 3.97. The highest BCUT2D eigenvalue weighted by molar-refractivity contribution is 9.10. The number of para-hydroxylation sites is 1. The van der Waals surface area contributed by atoms with Crippen LogP contribution in [0.1, 0.15) is 0 Å². The lowest BCUT2D eigenvalue weighted by molar-refractivity contribution is 0.262. The predicted molar refractivity (Wildman–Crippen MR) is 87.6 cm³/mol. The molecule has 0 fully saturated rings. The Bertz CT molecular complexity index is 778. The van der Waals surface area contributed by atoms with E-state index < -0.39 is 0 Å². The Labute approximate surface area is 128 Å². The highest BCUT2D eigenvalue weighted by Crippen LogP contribution is 2.27. The number of fused-ring (bicyclic) bond motifs is 1. The maximum Gasteiger partial charge on any atom is 0.324 e. The van der Waals surface area contributed by atoms with Gasteiger partial charge in [-0.15, -0.1) is 11.3 Å². The zero-order valence-electron chi connectivity index (χ0n) is 10.7. The molecule has 2 N–H and O–H groups in total. The third kappa shape index (κ3) is 2.44. The number of halogens is 1. The molecular weight excluding hydrogens is 338 g/mol. The molecule has 4 nitrogen and oxygen atoms in total. The zero-order chi connectivity index (χ0) is 14.1. The number of aromatic nitrogens is 1. The summed E-state index contributed by atoms with van der Waals surface area (Å²) in [6, 6.07) is 11.2. The number of benzene rings is 1. The van der Waals surface area contributed by atoms with E-state index in [1.807, 2.05) is 53.4 Å². The molecule has 3 rings (SSSR count). The van der Waals surface area contributed by atoms with Crippen LogP contribution in [0.5, 0.6) is 0 Å². The topological polar surface area (TPSA) is 46.1 Å². The third-order valence-corrected chi connectivity index (χ3v) is 4.57. The Hall–Kier alpha value is -1.79. The van der Waals surface area contributed by atoms with Gasteiger partial charge in [0, 0.05) is 11.5 Å². The van der Waals surface area contributed by atoms with Crippen LogP contribution in [0, 0.1) is 0 Å². The number of anilines is 2. The van der Waals surface area contributed by atoms with Crippen molar-refractivity contribution in [2.45, 2.75) is 0 Å². The maximum atomic E-state index is 12.0. The summed E-state index contributed by atoms with van der Waals surface area (Å²) in [5.74, 6) is 0.774. The van der Waals surface area contributed by atoms with Crippen LogP contribution in [0.25, 0.3) is 10.2 Å². The normalized spacial score (nSPS) is 10.7. The number of amides is 2. The molecule has 0 aliphatic heterocycles. The molecule has 0 aliphatic carbocycles. The Morgan fingerprint density at radius 3 is 2.80 bits per heavy atom. The summed E-state index contributed by atoms with van der Waals surface area (Å²) in [6.45, 7) is 0. The lowest BCUT2D eigenvalue weighted by Crippen LogP contribution is -2.21. The number of aryl methyl sites for hydroxylation is 1. The molecular formula is C14H12BrN3OS. The molecule has 0 saturated carbocycles. The first-order valence-corrected chi connectivity index (χ1v) is 7.68. The number of thiophene rings is 1. The van der Waals surface area contributed by atoms with Crippen molar-refractivity contribution in [1.29, 1.82) is 0 Å². The monoisotopic (exact) mass is 349 g/mol. The smallest absolute Gasteiger partial charge is 0.324 e. The first-order chi connectivity index (χ1) is 9.65. The molecule has 3 aromatic rings. The third-order valence-electron chi connectivity index (χ3n) is 3.03. The number of carbonyl (C=O) groups excluding carboxylic acids is 1. The van der Waals surface area contributed by atoms with E-state index in [1.165, 1.54) is 0 Å². The van der Waals surface area contributed by atoms with Crippen molar-refractivity contribution in [3.8, 4) is 0 Å². The van der Waals surface area contributed by atoms with Crippen molar-refractivity contribution in [2.24, 2.45) is 7.05 Å². The average molecular weight is 350 g/mol. The minimum Gasteiger partial charge on any atom is -0.330 e. The standard InChI is InChI=1S/C14H12BrN3OS/c1-18-11-6-7-20-12(11)8-13(18)17-14(19)16-10-5-3-2-4-9(10)15/h2-8H,1H3,(H2,16,17,19). The maximum absolute atomic E-state index is 12.0. The Morgan fingerprint density at radius 1 is 1.25 bits per heavy atom. The zero-order valence-corrected chi connectivity index (χ0v) is 13.1. The van der Waals surface area contributed by atoms with E-state index in [1.54, 1.807) is 11.3 Å². The molecule has 2 amide bonds. The van der Waals surface area contributed by atoms with Crippen LogP contribution in [0.4, 0.5) is 16.3 Å². The fraction of sp³-hybridized carbons (Fsp3) is 0.0714. The van der Waals surface area contributed by atoms with Gasteiger partial charge in [0.2, 0.25) is 0 Å². The predicted octanol–water partition coefficient (Wildman–Crippen LogP) is 4.65. The van der Waals surface area contributed by atoms with Gasteiger partial charge in [-0.3, -0.25) is 5.32 Å². The quantitative estimate of drug-likeness (QED) is 0.695. The van der Waals surface area contributed by atoms with E-state index in [0.717, 1.165) is 26.2 Å². The van der Waals surface area contributed by atoms with Gasteiger partial charge in [-0.1, -0.05) is 12.1 Å². The molecule has 2 heterocycles. The van der Waals surface area contributed by atoms with Gasteiger partial charge in [-0.2, -0.15) is 0 Å². The van der Waals surface area contributed by atoms with Gasteiger partial charge in [-0.25, -0.2) is 4.79 Å². The van der Waals surface area contributed by atoms with Crippen LogP contribution >= 0.6 is 27.3 Å². The molecule has 0 atom stereocenters. The highest BCUT2D eigenvalue weighted by atomic mass is 79.9. The molecule has 0 bridgehead atoms. The van der Waals surface area contributed by atoms with Gasteiger partial charge in [0.25, 0.3) is 0 Å². The van der Waals surface area contributed by atoms with Gasteiger partial charge in [-0.05, 0) is 45.6 Å². The summed E-state index contributed by atoms with van der Waals surface area (Å²) in [5.41, 5.74) is 1.85. The Morgan fingerprint density at radius 2 is 2.05 bits per heavy atom.